The number of aryl methyl sites for hydroxylation is 1. The van der Waals surface area contributed by atoms with Crippen molar-refractivity contribution in [3.63, 3.8) is 0 Å². The minimum Gasteiger partial charge on any atom is -0.369 e. The van der Waals surface area contributed by atoms with E-state index < -0.39 is 0 Å². The van der Waals surface area contributed by atoms with Crippen LogP contribution in [-0.4, -0.2) is 33.6 Å². The molecular weight excluding hydrogens is 236 g/mol. The van der Waals surface area contributed by atoms with Crippen LogP contribution in [0.4, 0.5) is 5.95 Å². The van der Waals surface area contributed by atoms with Gasteiger partial charge in [0.05, 0.1) is 11.0 Å². The molecule has 4 nitrogen and oxygen atoms in total. The quantitative estimate of drug-likeness (QED) is 0.896. The van der Waals surface area contributed by atoms with Gasteiger partial charge in [0, 0.05) is 19.1 Å². The Morgan fingerprint density at radius 2 is 2.21 bits per heavy atom. The SMILES string of the molecule is CCN(CCn1c(N)nc2cc(C)ccc21)C1CC1. The zero-order valence-corrected chi connectivity index (χ0v) is 11.8. The van der Waals surface area contributed by atoms with Crippen molar-refractivity contribution < 1.29 is 0 Å². The van der Waals surface area contributed by atoms with E-state index in [0.29, 0.717) is 5.95 Å². The molecule has 19 heavy (non-hydrogen) atoms. The van der Waals surface area contributed by atoms with Gasteiger partial charge in [-0.1, -0.05) is 13.0 Å². The van der Waals surface area contributed by atoms with Crippen molar-refractivity contribution in [3.05, 3.63) is 23.8 Å². The van der Waals surface area contributed by atoms with Gasteiger partial charge < -0.3 is 10.3 Å². The molecule has 0 amide bonds. The monoisotopic (exact) mass is 258 g/mol. The number of nitrogens with two attached hydrogens (primary N) is 1. The zero-order chi connectivity index (χ0) is 13.4. The number of fused-ring (bicyclic) bond motifs is 1. The molecule has 102 valence electrons. The molecule has 1 fully saturated rings. The highest BCUT2D eigenvalue weighted by Crippen LogP contribution is 2.27. The first-order valence-corrected chi connectivity index (χ1v) is 7.15. The van der Waals surface area contributed by atoms with E-state index in [9.17, 15) is 0 Å². The van der Waals surface area contributed by atoms with Gasteiger partial charge in [0.2, 0.25) is 5.95 Å². The van der Waals surface area contributed by atoms with E-state index in [0.717, 1.165) is 36.7 Å². The highest BCUT2D eigenvalue weighted by molar-refractivity contribution is 5.79. The predicted molar refractivity (Wildman–Crippen MR) is 79.2 cm³/mol. The lowest BCUT2D eigenvalue weighted by Gasteiger charge is -2.20. The normalized spacial score (nSPS) is 15.5. The summed E-state index contributed by atoms with van der Waals surface area (Å²) in [5.41, 5.74) is 9.44. The summed E-state index contributed by atoms with van der Waals surface area (Å²) >= 11 is 0. The van der Waals surface area contributed by atoms with Crippen LogP contribution < -0.4 is 5.73 Å². The molecule has 1 heterocycles. The first-order valence-electron chi connectivity index (χ1n) is 7.15. The maximum Gasteiger partial charge on any atom is 0.201 e. The molecule has 0 spiro atoms. The van der Waals surface area contributed by atoms with Gasteiger partial charge in [-0.05, 0) is 44.0 Å². The Labute approximate surface area is 114 Å². The van der Waals surface area contributed by atoms with Crippen molar-refractivity contribution in [2.24, 2.45) is 0 Å². The molecule has 2 N–H and O–H groups in total. The van der Waals surface area contributed by atoms with E-state index in [2.05, 4.69) is 46.5 Å². The molecule has 0 radical (unpaired) electrons. The standard InChI is InChI=1S/C15H22N4/c1-3-18(12-5-6-12)8-9-19-14-7-4-11(2)10-13(14)17-15(19)16/h4,7,10,12H,3,5-6,8-9H2,1-2H3,(H2,16,17). The Balaban J connectivity index is 1.81. The molecule has 4 heteroatoms. The molecule has 3 rings (SSSR count). The average molecular weight is 258 g/mol. The Bertz CT molecular complexity index is 583. The summed E-state index contributed by atoms with van der Waals surface area (Å²) in [6, 6.07) is 7.16. The van der Waals surface area contributed by atoms with Gasteiger partial charge in [0.1, 0.15) is 0 Å². The van der Waals surface area contributed by atoms with Crippen LogP contribution in [0.5, 0.6) is 0 Å². The fourth-order valence-corrected chi connectivity index (χ4v) is 2.76. The van der Waals surface area contributed by atoms with Gasteiger partial charge in [-0.25, -0.2) is 4.98 Å². The Kier molecular flexibility index (Phi) is 3.19. The number of hydrogen-bond acceptors (Lipinski definition) is 3. The van der Waals surface area contributed by atoms with Crippen LogP contribution >= 0.6 is 0 Å². The first kappa shape index (κ1) is 12.5. The van der Waals surface area contributed by atoms with E-state index in [-0.39, 0.29) is 0 Å². The van der Waals surface area contributed by atoms with Crippen molar-refractivity contribution in [1.29, 1.82) is 0 Å². The van der Waals surface area contributed by atoms with Crippen LogP contribution in [0.3, 0.4) is 0 Å². The second-order valence-electron chi connectivity index (χ2n) is 5.47. The van der Waals surface area contributed by atoms with Crippen LogP contribution in [0.1, 0.15) is 25.3 Å². The van der Waals surface area contributed by atoms with Crippen molar-refractivity contribution in [1.82, 2.24) is 14.5 Å². The van der Waals surface area contributed by atoms with Crippen LogP contribution in [0.2, 0.25) is 0 Å². The van der Waals surface area contributed by atoms with E-state index in [1.54, 1.807) is 0 Å². The summed E-state index contributed by atoms with van der Waals surface area (Å²) in [4.78, 5) is 7.00. The van der Waals surface area contributed by atoms with E-state index in [1.165, 1.54) is 18.4 Å². The third kappa shape index (κ3) is 2.45. The van der Waals surface area contributed by atoms with Crippen molar-refractivity contribution >= 4 is 17.0 Å². The predicted octanol–water partition coefficient (Wildman–Crippen LogP) is 2.41. The topological polar surface area (TPSA) is 47.1 Å². The molecule has 1 saturated carbocycles. The number of benzene rings is 1. The average Bonchev–Trinajstić information content (AvgIpc) is 3.16. The fraction of sp³-hybridized carbons (Fsp3) is 0.533. The number of aromatic nitrogens is 2. The largest absolute Gasteiger partial charge is 0.369 e. The summed E-state index contributed by atoms with van der Waals surface area (Å²) in [6.07, 6.45) is 2.71. The molecular formula is C15H22N4. The van der Waals surface area contributed by atoms with Gasteiger partial charge in [-0.3, -0.25) is 4.90 Å². The number of rotatable bonds is 5. The molecule has 0 atom stereocenters. The van der Waals surface area contributed by atoms with Crippen molar-refractivity contribution in [2.75, 3.05) is 18.8 Å². The number of nitrogen functional groups attached to an aromatic ring is 1. The van der Waals surface area contributed by atoms with E-state index >= 15 is 0 Å². The summed E-state index contributed by atoms with van der Waals surface area (Å²) in [6.45, 7) is 7.42. The number of imidazole rings is 1. The molecule has 1 aliphatic rings. The third-order valence-electron chi connectivity index (χ3n) is 4.01. The maximum atomic E-state index is 6.06. The Morgan fingerprint density at radius 1 is 1.42 bits per heavy atom. The second kappa shape index (κ2) is 4.85. The highest BCUT2D eigenvalue weighted by atomic mass is 15.2. The molecule has 1 aliphatic carbocycles. The molecule has 0 saturated heterocycles. The lowest BCUT2D eigenvalue weighted by atomic mass is 10.2. The zero-order valence-electron chi connectivity index (χ0n) is 11.8. The number of hydrogen-bond donors (Lipinski definition) is 1. The van der Waals surface area contributed by atoms with Gasteiger partial charge in [0.25, 0.3) is 0 Å². The Morgan fingerprint density at radius 3 is 2.89 bits per heavy atom. The first-order chi connectivity index (χ1) is 9.19. The lowest BCUT2D eigenvalue weighted by molar-refractivity contribution is 0.268. The van der Waals surface area contributed by atoms with E-state index in [1.807, 2.05) is 0 Å². The third-order valence-corrected chi connectivity index (χ3v) is 4.01. The number of anilines is 1. The Hall–Kier alpha value is -1.55. The fourth-order valence-electron chi connectivity index (χ4n) is 2.76. The summed E-state index contributed by atoms with van der Waals surface area (Å²) in [5, 5.41) is 0. The second-order valence-corrected chi connectivity index (χ2v) is 5.47. The highest BCUT2D eigenvalue weighted by Gasteiger charge is 2.27. The smallest absolute Gasteiger partial charge is 0.201 e. The lowest BCUT2D eigenvalue weighted by Crippen LogP contribution is -2.29. The minimum absolute atomic E-state index is 0.632. The summed E-state index contributed by atoms with van der Waals surface area (Å²) < 4.78 is 2.14. The molecule has 0 bridgehead atoms. The molecule has 2 aromatic rings. The van der Waals surface area contributed by atoms with Gasteiger partial charge in [0.15, 0.2) is 0 Å². The molecule has 1 aromatic heterocycles. The molecule has 0 aliphatic heterocycles. The van der Waals surface area contributed by atoms with Crippen LogP contribution in [0.25, 0.3) is 11.0 Å². The number of likely N-dealkylation sites (N-methyl/N-ethyl adjacent to an activating group) is 1. The maximum absolute atomic E-state index is 6.06. The van der Waals surface area contributed by atoms with Gasteiger partial charge >= 0.3 is 0 Å². The molecule has 1 aromatic carbocycles. The van der Waals surface area contributed by atoms with Crippen LogP contribution in [0.15, 0.2) is 18.2 Å². The minimum atomic E-state index is 0.632. The summed E-state index contributed by atoms with van der Waals surface area (Å²) in [7, 11) is 0. The molecule has 0 unspecified atom stereocenters. The number of nitrogens with zero attached hydrogens (tertiary/aromatic N) is 3. The summed E-state index contributed by atoms with van der Waals surface area (Å²) in [5.74, 6) is 0.632. The van der Waals surface area contributed by atoms with Gasteiger partial charge in [-0.2, -0.15) is 0 Å². The van der Waals surface area contributed by atoms with Crippen molar-refractivity contribution in [2.45, 2.75) is 39.3 Å². The van der Waals surface area contributed by atoms with E-state index in [4.69, 9.17) is 5.73 Å². The van der Waals surface area contributed by atoms with Crippen molar-refractivity contribution in [3.8, 4) is 0 Å². The van der Waals surface area contributed by atoms with Crippen LogP contribution in [0, 0.1) is 6.92 Å². The van der Waals surface area contributed by atoms with Crippen LogP contribution in [-0.2, 0) is 6.54 Å². The van der Waals surface area contributed by atoms with Gasteiger partial charge in [-0.15, -0.1) is 0 Å².